The Hall–Kier alpha value is -2.14. The van der Waals surface area contributed by atoms with E-state index in [-0.39, 0.29) is 11.5 Å². The summed E-state index contributed by atoms with van der Waals surface area (Å²) < 4.78 is 0. The van der Waals surface area contributed by atoms with E-state index >= 15 is 0 Å². The van der Waals surface area contributed by atoms with Gasteiger partial charge in [-0.05, 0) is 53.1 Å². The Balaban J connectivity index is 2.00. The van der Waals surface area contributed by atoms with Gasteiger partial charge in [-0.3, -0.25) is 4.79 Å². The molecule has 0 atom stereocenters. The molecule has 0 bridgehead atoms. The van der Waals surface area contributed by atoms with Crippen molar-refractivity contribution in [3.63, 3.8) is 0 Å². The summed E-state index contributed by atoms with van der Waals surface area (Å²) in [6.45, 7) is 2.48. The van der Waals surface area contributed by atoms with E-state index in [1.54, 1.807) is 11.3 Å². The Morgan fingerprint density at radius 1 is 1.16 bits per heavy atom. The van der Waals surface area contributed by atoms with Gasteiger partial charge >= 0.3 is 5.97 Å². The molecule has 2 rings (SSSR count). The second-order valence-corrected chi connectivity index (χ2v) is 4.89. The molecule has 0 fully saturated rings. The summed E-state index contributed by atoms with van der Waals surface area (Å²) >= 11 is 1.60. The Morgan fingerprint density at radius 2 is 1.79 bits per heavy atom. The zero-order chi connectivity index (χ0) is 13.8. The van der Waals surface area contributed by atoms with Crippen LogP contribution in [-0.4, -0.2) is 17.0 Å². The number of carboxylic acid groups (broad SMARTS) is 1. The molecular formula is C14H13NO3S. The van der Waals surface area contributed by atoms with Crippen LogP contribution in [0.3, 0.4) is 0 Å². The van der Waals surface area contributed by atoms with E-state index in [1.807, 2.05) is 17.7 Å². The van der Waals surface area contributed by atoms with E-state index in [2.05, 4.69) is 5.32 Å². The molecular weight excluding hydrogens is 262 g/mol. The summed E-state index contributed by atoms with van der Waals surface area (Å²) in [7, 11) is 0. The fraction of sp³-hybridized carbons (Fsp3) is 0.143. The molecule has 0 aliphatic heterocycles. The molecule has 0 aliphatic rings. The number of hydrogen-bond acceptors (Lipinski definition) is 3. The number of amides is 1. The number of rotatable bonds is 4. The van der Waals surface area contributed by atoms with Gasteiger partial charge in [0.2, 0.25) is 0 Å². The number of aromatic carboxylic acids is 1. The second kappa shape index (κ2) is 5.67. The van der Waals surface area contributed by atoms with Crippen molar-refractivity contribution in [2.24, 2.45) is 0 Å². The fourth-order valence-electron chi connectivity index (χ4n) is 1.61. The Bertz CT molecular complexity index is 601. The molecule has 0 radical (unpaired) electrons. The van der Waals surface area contributed by atoms with Gasteiger partial charge < -0.3 is 10.4 Å². The highest BCUT2D eigenvalue weighted by molar-refractivity contribution is 7.08. The normalized spacial score (nSPS) is 10.2. The van der Waals surface area contributed by atoms with E-state index in [0.29, 0.717) is 12.1 Å². The third kappa shape index (κ3) is 3.20. The lowest BCUT2D eigenvalue weighted by Gasteiger charge is -2.05. The van der Waals surface area contributed by atoms with E-state index in [4.69, 9.17) is 5.11 Å². The van der Waals surface area contributed by atoms with E-state index in [1.165, 1.54) is 24.3 Å². The second-order valence-electron chi connectivity index (χ2n) is 4.15. The van der Waals surface area contributed by atoms with Gasteiger partial charge in [0.15, 0.2) is 0 Å². The van der Waals surface area contributed by atoms with Crippen molar-refractivity contribution in [1.29, 1.82) is 0 Å². The van der Waals surface area contributed by atoms with Crippen LogP contribution in [0.1, 0.15) is 31.8 Å². The fourth-order valence-corrected chi connectivity index (χ4v) is 2.47. The molecule has 5 heteroatoms. The number of carbonyl (C=O) groups is 2. The molecule has 1 amide bonds. The Labute approximate surface area is 114 Å². The number of aryl methyl sites for hydroxylation is 1. The molecule has 0 saturated heterocycles. The lowest BCUT2D eigenvalue weighted by molar-refractivity contribution is 0.0696. The average molecular weight is 275 g/mol. The first-order valence-corrected chi connectivity index (χ1v) is 6.65. The molecule has 0 spiro atoms. The van der Waals surface area contributed by atoms with Crippen molar-refractivity contribution in [2.45, 2.75) is 13.5 Å². The van der Waals surface area contributed by atoms with Crippen LogP contribution in [-0.2, 0) is 6.54 Å². The third-order valence-electron chi connectivity index (χ3n) is 2.80. The summed E-state index contributed by atoms with van der Waals surface area (Å²) in [6.07, 6.45) is 0. The van der Waals surface area contributed by atoms with Crippen LogP contribution in [0.5, 0.6) is 0 Å². The van der Waals surface area contributed by atoms with Gasteiger partial charge in [0, 0.05) is 12.1 Å². The summed E-state index contributed by atoms with van der Waals surface area (Å²) in [6, 6.07) is 5.87. The van der Waals surface area contributed by atoms with Crippen molar-refractivity contribution < 1.29 is 14.7 Å². The number of thiophene rings is 1. The first-order chi connectivity index (χ1) is 9.08. The molecule has 4 nitrogen and oxygen atoms in total. The first-order valence-electron chi connectivity index (χ1n) is 5.71. The predicted molar refractivity (Wildman–Crippen MR) is 73.6 cm³/mol. The number of benzene rings is 1. The number of carboxylic acids is 1. The van der Waals surface area contributed by atoms with Gasteiger partial charge in [-0.1, -0.05) is 0 Å². The standard InChI is InChI=1S/C14H13NO3S/c1-9-7-19-8-12(9)6-15-13(16)10-2-4-11(5-3-10)14(17)18/h2-5,7-8H,6H2,1H3,(H,15,16)(H,17,18). The molecule has 98 valence electrons. The molecule has 0 aliphatic carbocycles. The molecule has 0 saturated carbocycles. The summed E-state index contributed by atoms with van der Waals surface area (Å²) in [5.74, 6) is -1.21. The largest absolute Gasteiger partial charge is 0.478 e. The third-order valence-corrected chi connectivity index (χ3v) is 3.71. The van der Waals surface area contributed by atoms with E-state index in [9.17, 15) is 9.59 Å². The van der Waals surface area contributed by atoms with Gasteiger partial charge in [-0.2, -0.15) is 11.3 Å². The highest BCUT2D eigenvalue weighted by Gasteiger charge is 2.08. The maximum absolute atomic E-state index is 11.9. The highest BCUT2D eigenvalue weighted by atomic mass is 32.1. The minimum Gasteiger partial charge on any atom is -0.478 e. The molecule has 2 aromatic rings. The van der Waals surface area contributed by atoms with Crippen LogP contribution in [0, 0.1) is 6.92 Å². The van der Waals surface area contributed by atoms with Crippen LogP contribution in [0.15, 0.2) is 35.0 Å². The lowest BCUT2D eigenvalue weighted by Crippen LogP contribution is -2.22. The molecule has 19 heavy (non-hydrogen) atoms. The number of hydrogen-bond donors (Lipinski definition) is 2. The van der Waals surface area contributed by atoms with Gasteiger partial charge in [0.05, 0.1) is 5.56 Å². The minimum absolute atomic E-state index is 0.172. The van der Waals surface area contributed by atoms with Crippen molar-refractivity contribution in [3.05, 3.63) is 57.3 Å². The first kappa shape index (κ1) is 13.3. The number of carbonyl (C=O) groups excluding carboxylic acids is 1. The summed E-state index contributed by atoms with van der Waals surface area (Å²) in [5, 5.41) is 15.6. The van der Waals surface area contributed by atoms with Crippen molar-refractivity contribution in [2.75, 3.05) is 0 Å². The van der Waals surface area contributed by atoms with Crippen molar-refractivity contribution >= 4 is 23.2 Å². The van der Waals surface area contributed by atoms with Crippen LogP contribution in [0.2, 0.25) is 0 Å². The quantitative estimate of drug-likeness (QED) is 0.901. The molecule has 1 aromatic carbocycles. The molecule has 0 unspecified atom stereocenters. The van der Waals surface area contributed by atoms with Gasteiger partial charge in [-0.25, -0.2) is 4.79 Å². The van der Waals surface area contributed by atoms with Crippen LogP contribution >= 0.6 is 11.3 Å². The zero-order valence-corrected chi connectivity index (χ0v) is 11.2. The van der Waals surface area contributed by atoms with E-state index < -0.39 is 5.97 Å². The predicted octanol–water partition coefficient (Wildman–Crippen LogP) is 2.68. The highest BCUT2D eigenvalue weighted by Crippen LogP contribution is 2.13. The van der Waals surface area contributed by atoms with Crippen LogP contribution in [0.25, 0.3) is 0 Å². The molecule has 2 N–H and O–H groups in total. The number of nitrogens with one attached hydrogen (secondary N) is 1. The summed E-state index contributed by atoms with van der Waals surface area (Å²) in [4.78, 5) is 22.6. The van der Waals surface area contributed by atoms with Crippen molar-refractivity contribution in [3.8, 4) is 0 Å². The lowest BCUT2D eigenvalue weighted by atomic mass is 10.1. The molecule has 1 aromatic heterocycles. The Morgan fingerprint density at radius 3 is 2.32 bits per heavy atom. The van der Waals surface area contributed by atoms with Gasteiger partial charge in [0.25, 0.3) is 5.91 Å². The van der Waals surface area contributed by atoms with Crippen LogP contribution < -0.4 is 5.32 Å². The monoisotopic (exact) mass is 275 g/mol. The smallest absolute Gasteiger partial charge is 0.335 e. The maximum atomic E-state index is 11.9. The maximum Gasteiger partial charge on any atom is 0.335 e. The molecule has 1 heterocycles. The SMILES string of the molecule is Cc1cscc1CNC(=O)c1ccc(C(=O)O)cc1. The van der Waals surface area contributed by atoms with Crippen molar-refractivity contribution in [1.82, 2.24) is 5.32 Å². The van der Waals surface area contributed by atoms with E-state index in [0.717, 1.165) is 11.1 Å². The van der Waals surface area contributed by atoms with Crippen LogP contribution in [0.4, 0.5) is 0 Å². The summed E-state index contributed by atoms with van der Waals surface area (Å²) in [5.41, 5.74) is 2.88. The zero-order valence-electron chi connectivity index (χ0n) is 10.3. The van der Waals surface area contributed by atoms with Gasteiger partial charge in [-0.15, -0.1) is 0 Å². The minimum atomic E-state index is -0.999. The average Bonchev–Trinajstić information content (AvgIpc) is 2.81. The Kier molecular flexibility index (Phi) is 3.97. The topological polar surface area (TPSA) is 66.4 Å². The van der Waals surface area contributed by atoms with Gasteiger partial charge in [0.1, 0.15) is 0 Å².